The molecule has 0 radical (unpaired) electrons. The van der Waals surface area contributed by atoms with E-state index < -0.39 is 0 Å². The Morgan fingerprint density at radius 3 is 1.97 bits per heavy atom. The Morgan fingerprint density at radius 1 is 0.933 bits per heavy atom. The Kier molecular flexibility index (Phi) is 6.13. The maximum absolute atomic E-state index is 13.4. The van der Waals surface area contributed by atoms with Crippen LogP contribution in [0.5, 0.6) is 0 Å². The van der Waals surface area contributed by atoms with Gasteiger partial charge in [0, 0.05) is 16.2 Å². The average Bonchev–Trinajstić information content (AvgIpc) is 2.90. The van der Waals surface area contributed by atoms with Crippen LogP contribution in [0.2, 0.25) is 10.0 Å². The van der Waals surface area contributed by atoms with Crippen molar-refractivity contribution >= 4 is 66.9 Å². The molecule has 7 heteroatoms. The van der Waals surface area contributed by atoms with Crippen LogP contribution < -0.4 is 5.01 Å². The van der Waals surface area contributed by atoms with Crippen LogP contribution in [0.25, 0.3) is 0 Å². The molecule has 30 heavy (non-hydrogen) atoms. The second-order valence-corrected chi connectivity index (χ2v) is 11.2. The zero-order chi connectivity index (χ0) is 22.6. The van der Waals surface area contributed by atoms with Gasteiger partial charge in [0.2, 0.25) is 0 Å². The number of hydrazone groups is 1. The number of nitrogens with zero attached hydrogens (tertiary/aromatic N) is 2. The molecule has 2 aliphatic rings. The number of ketones is 1. The van der Waals surface area contributed by atoms with Gasteiger partial charge < -0.3 is 0 Å². The summed E-state index contributed by atoms with van der Waals surface area (Å²) in [7, 11) is 0. The van der Waals surface area contributed by atoms with E-state index in [1.165, 1.54) is 5.01 Å². The number of benzene rings is 1. The predicted octanol–water partition coefficient (Wildman–Crippen LogP) is 6.91. The molecular formula is C23H23Cl2IN2O2. The molecule has 1 aliphatic heterocycles. The minimum atomic E-state index is -0.367. The minimum Gasteiger partial charge on any atom is -0.289 e. The summed E-state index contributed by atoms with van der Waals surface area (Å²) < 4.78 is 0.534. The molecule has 1 aromatic rings. The van der Waals surface area contributed by atoms with Crippen LogP contribution in [-0.4, -0.2) is 15.4 Å². The van der Waals surface area contributed by atoms with E-state index in [0.717, 1.165) is 0 Å². The molecule has 0 bridgehead atoms. The molecule has 0 saturated heterocycles. The average molecular weight is 557 g/mol. The SMILES string of the molecule is CC(C)(C)C1=CC(=C2C(=O)N(c3cc(Cl)ccc3Cl)N=C2I)C=C(C(C)(C)C)C1=O. The highest BCUT2D eigenvalue weighted by atomic mass is 127. The standard InChI is InChI=1S/C23H23Cl2IN2O2/c1-22(2,3)14-9-12(10-15(19(14)29)23(4,5)6)18-20(26)27-28(21(18)30)17-11-13(24)7-8-16(17)25/h7-11H,1-6H3. The number of carbonyl (C=O) groups excluding carboxylic acids is 2. The lowest BCUT2D eigenvalue weighted by Gasteiger charge is -2.31. The number of rotatable bonds is 1. The van der Waals surface area contributed by atoms with Gasteiger partial charge in [-0.1, -0.05) is 64.7 Å². The van der Waals surface area contributed by atoms with E-state index in [-0.39, 0.29) is 22.5 Å². The van der Waals surface area contributed by atoms with Crippen molar-refractivity contribution in [2.45, 2.75) is 41.5 Å². The lowest BCUT2D eigenvalue weighted by molar-refractivity contribution is -0.115. The third kappa shape index (κ3) is 4.30. The van der Waals surface area contributed by atoms with Gasteiger partial charge in [-0.25, -0.2) is 0 Å². The fourth-order valence-corrected chi connectivity index (χ4v) is 4.44. The highest BCUT2D eigenvalue weighted by Crippen LogP contribution is 2.41. The van der Waals surface area contributed by atoms with E-state index in [1.807, 2.05) is 76.3 Å². The Morgan fingerprint density at radius 2 is 1.47 bits per heavy atom. The highest BCUT2D eigenvalue weighted by Gasteiger charge is 2.38. The van der Waals surface area contributed by atoms with Crippen molar-refractivity contribution in [3.63, 3.8) is 0 Å². The van der Waals surface area contributed by atoms with Gasteiger partial charge in [0.15, 0.2) is 5.78 Å². The molecule has 4 nitrogen and oxygen atoms in total. The molecular weight excluding hydrogens is 534 g/mol. The fraction of sp³-hybridized carbons (Fsp3) is 0.348. The molecule has 3 rings (SSSR count). The number of halogens is 3. The third-order valence-corrected chi connectivity index (χ3v) is 6.24. The topological polar surface area (TPSA) is 49.7 Å². The van der Waals surface area contributed by atoms with Crippen LogP contribution in [0.4, 0.5) is 5.69 Å². The lowest BCUT2D eigenvalue weighted by Crippen LogP contribution is -2.29. The Balaban J connectivity index is 2.21. The van der Waals surface area contributed by atoms with E-state index >= 15 is 0 Å². The number of hydrogen-bond acceptors (Lipinski definition) is 3. The van der Waals surface area contributed by atoms with Crippen molar-refractivity contribution < 1.29 is 9.59 Å². The normalized spacial score (nSPS) is 18.0. The summed E-state index contributed by atoms with van der Waals surface area (Å²) in [6.45, 7) is 12.0. The molecule has 0 unspecified atom stereocenters. The molecule has 1 heterocycles. The summed E-state index contributed by atoms with van der Waals surface area (Å²) in [5.74, 6) is -0.284. The maximum atomic E-state index is 13.4. The number of allylic oxidation sites excluding steroid dienone is 5. The van der Waals surface area contributed by atoms with E-state index in [2.05, 4.69) is 5.10 Å². The minimum absolute atomic E-state index is 0.0199. The van der Waals surface area contributed by atoms with Crippen LogP contribution in [0.1, 0.15) is 41.5 Å². The predicted molar refractivity (Wildman–Crippen MR) is 133 cm³/mol. The molecule has 0 N–H and O–H groups in total. The second kappa shape index (κ2) is 7.92. The van der Waals surface area contributed by atoms with Crippen LogP contribution in [0.3, 0.4) is 0 Å². The molecule has 0 aromatic heterocycles. The number of amides is 1. The van der Waals surface area contributed by atoms with Crippen LogP contribution in [-0.2, 0) is 9.59 Å². The molecule has 0 atom stereocenters. The van der Waals surface area contributed by atoms with E-state index in [1.54, 1.807) is 18.2 Å². The zero-order valence-electron chi connectivity index (χ0n) is 17.7. The fourth-order valence-electron chi connectivity index (χ4n) is 3.32. The van der Waals surface area contributed by atoms with E-state index in [0.29, 0.717) is 41.7 Å². The molecule has 1 aliphatic carbocycles. The van der Waals surface area contributed by atoms with Gasteiger partial charge in [0.05, 0.1) is 16.3 Å². The summed E-state index contributed by atoms with van der Waals surface area (Å²) in [5.41, 5.74) is 2.17. The monoisotopic (exact) mass is 556 g/mol. The lowest BCUT2D eigenvalue weighted by atomic mass is 9.71. The van der Waals surface area contributed by atoms with Gasteiger partial charge in [-0.3, -0.25) is 9.59 Å². The van der Waals surface area contributed by atoms with E-state index in [9.17, 15) is 9.59 Å². The van der Waals surface area contributed by atoms with Crippen LogP contribution >= 0.6 is 45.8 Å². The highest BCUT2D eigenvalue weighted by molar-refractivity contribution is 14.1. The molecule has 1 aromatic carbocycles. The first-order chi connectivity index (χ1) is 13.7. The Bertz CT molecular complexity index is 1050. The van der Waals surface area contributed by atoms with Crippen molar-refractivity contribution in [1.29, 1.82) is 0 Å². The molecule has 0 saturated carbocycles. The van der Waals surface area contributed by atoms with Crippen molar-refractivity contribution in [2.24, 2.45) is 15.9 Å². The van der Waals surface area contributed by atoms with Crippen molar-refractivity contribution in [1.82, 2.24) is 0 Å². The molecule has 1 amide bonds. The summed E-state index contributed by atoms with van der Waals surface area (Å²) in [5, 5.41) is 6.54. The van der Waals surface area contributed by atoms with Gasteiger partial charge in [-0.2, -0.15) is 10.1 Å². The number of carbonyl (C=O) groups is 2. The largest absolute Gasteiger partial charge is 0.289 e. The number of anilines is 1. The first-order valence-electron chi connectivity index (χ1n) is 9.49. The number of hydrogen-bond donors (Lipinski definition) is 0. The first-order valence-corrected chi connectivity index (χ1v) is 11.3. The Labute approximate surface area is 200 Å². The van der Waals surface area contributed by atoms with Crippen LogP contribution in [0, 0.1) is 10.8 Å². The van der Waals surface area contributed by atoms with Gasteiger partial charge in [-0.05, 0) is 69.3 Å². The second-order valence-electron chi connectivity index (χ2n) is 9.38. The van der Waals surface area contributed by atoms with Gasteiger partial charge >= 0.3 is 0 Å². The summed E-state index contributed by atoms with van der Waals surface area (Å²) in [6, 6.07) is 4.90. The molecule has 158 valence electrons. The Hall–Kier alpha value is -1.44. The van der Waals surface area contributed by atoms with Crippen molar-refractivity contribution in [3.05, 3.63) is 62.7 Å². The third-order valence-electron chi connectivity index (χ3n) is 4.93. The van der Waals surface area contributed by atoms with Gasteiger partial charge in [0.1, 0.15) is 3.72 Å². The smallest absolute Gasteiger partial charge is 0.282 e. The van der Waals surface area contributed by atoms with Crippen molar-refractivity contribution in [2.75, 3.05) is 5.01 Å². The summed E-state index contributed by atoms with van der Waals surface area (Å²) in [4.78, 5) is 26.6. The quantitative estimate of drug-likeness (QED) is 0.278. The van der Waals surface area contributed by atoms with Crippen molar-refractivity contribution in [3.8, 4) is 0 Å². The van der Waals surface area contributed by atoms with Gasteiger partial charge in [-0.15, -0.1) is 0 Å². The van der Waals surface area contributed by atoms with E-state index in [4.69, 9.17) is 23.2 Å². The summed E-state index contributed by atoms with van der Waals surface area (Å²) >= 11 is 14.4. The van der Waals surface area contributed by atoms with Crippen LogP contribution in [0.15, 0.2) is 57.7 Å². The maximum Gasteiger partial charge on any atom is 0.282 e. The van der Waals surface area contributed by atoms with Gasteiger partial charge in [0.25, 0.3) is 5.91 Å². The summed E-state index contributed by atoms with van der Waals surface area (Å²) in [6.07, 6.45) is 3.64. The first kappa shape index (κ1) is 23.2. The number of Topliss-reactive ketones (excluding diaryl/α,β-unsaturated/α-hetero) is 1. The molecule has 0 fully saturated rings. The zero-order valence-corrected chi connectivity index (χ0v) is 21.4. The molecule has 0 spiro atoms.